The van der Waals surface area contributed by atoms with Crippen LogP contribution < -0.4 is 10.1 Å². The van der Waals surface area contributed by atoms with Gasteiger partial charge in [0.1, 0.15) is 0 Å². The second-order valence-electron chi connectivity index (χ2n) is 6.99. The van der Waals surface area contributed by atoms with E-state index in [0.717, 1.165) is 12.0 Å². The van der Waals surface area contributed by atoms with E-state index in [-0.39, 0.29) is 24.0 Å². The van der Waals surface area contributed by atoms with Crippen LogP contribution in [0.15, 0.2) is 42.6 Å². The van der Waals surface area contributed by atoms with Crippen molar-refractivity contribution in [3.8, 4) is 5.88 Å². The van der Waals surface area contributed by atoms with Crippen LogP contribution in [0.5, 0.6) is 5.88 Å². The van der Waals surface area contributed by atoms with E-state index < -0.39 is 0 Å². The van der Waals surface area contributed by atoms with Crippen LogP contribution >= 0.6 is 0 Å². The standard InChI is InChI=1S/C21H26N2O3/c1-14-5-3-4-6-15(14)7-9-19(25)23-21(17-11-18(24)12-17)16-8-10-20(26-2)22-13-16/h3-6,8,10,13,17-18,21,24H,7,9,11-12H2,1-2H3,(H,23,25). The molecule has 1 aliphatic carbocycles. The number of rotatable bonds is 7. The zero-order valence-corrected chi connectivity index (χ0v) is 15.3. The van der Waals surface area contributed by atoms with Gasteiger partial charge in [-0.2, -0.15) is 0 Å². The van der Waals surface area contributed by atoms with Gasteiger partial charge in [0, 0.05) is 18.7 Å². The number of amides is 1. The van der Waals surface area contributed by atoms with Crippen LogP contribution in [-0.2, 0) is 11.2 Å². The number of nitrogens with zero attached hydrogens (tertiary/aromatic N) is 1. The molecule has 0 radical (unpaired) electrons. The lowest BCUT2D eigenvalue weighted by molar-refractivity contribution is -0.123. The van der Waals surface area contributed by atoms with Gasteiger partial charge in [-0.1, -0.05) is 30.3 Å². The summed E-state index contributed by atoms with van der Waals surface area (Å²) in [6.07, 6.45) is 4.05. The summed E-state index contributed by atoms with van der Waals surface area (Å²) in [6.45, 7) is 2.06. The molecule has 5 nitrogen and oxygen atoms in total. The number of hydrogen-bond acceptors (Lipinski definition) is 4. The van der Waals surface area contributed by atoms with Gasteiger partial charge in [-0.3, -0.25) is 4.79 Å². The highest BCUT2D eigenvalue weighted by Crippen LogP contribution is 2.38. The molecule has 1 heterocycles. The number of methoxy groups -OCH3 is 1. The lowest BCUT2D eigenvalue weighted by Crippen LogP contribution is -2.41. The molecule has 1 aliphatic rings. The number of aliphatic hydroxyl groups excluding tert-OH is 1. The van der Waals surface area contributed by atoms with Gasteiger partial charge in [0.2, 0.25) is 11.8 Å². The van der Waals surface area contributed by atoms with Crippen molar-refractivity contribution in [3.63, 3.8) is 0 Å². The number of hydrogen-bond donors (Lipinski definition) is 2. The summed E-state index contributed by atoms with van der Waals surface area (Å²) < 4.78 is 5.11. The maximum absolute atomic E-state index is 12.5. The third kappa shape index (κ3) is 4.41. The quantitative estimate of drug-likeness (QED) is 0.802. The van der Waals surface area contributed by atoms with E-state index in [1.807, 2.05) is 18.2 Å². The molecule has 2 N–H and O–H groups in total. The Labute approximate surface area is 154 Å². The third-order valence-corrected chi connectivity index (χ3v) is 5.15. The summed E-state index contributed by atoms with van der Waals surface area (Å²) in [5, 5.41) is 12.8. The van der Waals surface area contributed by atoms with Crippen LogP contribution in [0.2, 0.25) is 0 Å². The molecule has 138 valence electrons. The van der Waals surface area contributed by atoms with Gasteiger partial charge in [0.05, 0.1) is 19.3 Å². The molecular formula is C21H26N2O3. The van der Waals surface area contributed by atoms with Crippen LogP contribution in [0.4, 0.5) is 0 Å². The van der Waals surface area contributed by atoms with Crippen LogP contribution in [0.1, 0.15) is 42.0 Å². The number of carbonyl (C=O) groups excluding carboxylic acids is 1. The first-order valence-corrected chi connectivity index (χ1v) is 9.08. The van der Waals surface area contributed by atoms with Crippen LogP contribution in [-0.4, -0.2) is 29.2 Å². The number of benzene rings is 1. The molecule has 1 atom stereocenters. The van der Waals surface area contributed by atoms with Crippen molar-refractivity contribution in [1.29, 1.82) is 0 Å². The first-order valence-electron chi connectivity index (χ1n) is 9.08. The molecule has 0 aliphatic heterocycles. The SMILES string of the molecule is COc1ccc(C(NC(=O)CCc2ccccc2C)C2CC(O)C2)cn1. The number of ether oxygens (including phenoxy) is 1. The van der Waals surface area contributed by atoms with E-state index in [0.29, 0.717) is 25.1 Å². The Bertz CT molecular complexity index is 739. The smallest absolute Gasteiger partial charge is 0.220 e. The Kier molecular flexibility index (Phi) is 5.89. The molecule has 1 fully saturated rings. The average Bonchev–Trinajstić information content (AvgIpc) is 2.63. The molecule has 1 unspecified atom stereocenters. The van der Waals surface area contributed by atoms with E-state index in [1.54, 1.807) is 19.4 Å². The number of aliphatic hydroxyl groups is 1. The van der Waals surface area contributed by atoms with Gasteiger partial charge in [0.25, 0.3) is 0 Å². The fourth-order valence-electron chi connectivity index (χ4n) is 3.46. The highest BCUT2D eigenvalue weighted by atomic mass is 16.5. The maximum atomic E-state index is 12.5. The lowest BCUT2D eigenvalue weighted by Gasteiger charge is -2.38. The molecule has 2 aromatic rings. The van der Waals surface area contributed by atoms with E-state index >= 15 is 0 Å². The fourth-order valence-corrected chi connectivity index (χ4v) is 3.46. The highest BCUT2D eigenvalue weighted by molar-refractivity contribution is 5.76. The van der Waals surface area contributed by atoms with Gasteiger partial charge >= 0.3 is 0 Å². The number of pyridine rings is 1. The van der Waals surface area contributed by atoms with Crippen LogP contribution in [0, 0.1) is 12.8 Å². The normalized spacial score (nSPS) is 20.1. The molecule has 0 spiro atoms. The number of carbonyl (C=O) groups is 1. The molecule has 1 aromatic carbocycles. The van der Waals surface area contributed by atoms with Gasteiger partial charge in [-0.25, -0.2) is 4.98 Å². The molecule has 0 saturated heterocycles. The Balaban J connectivity index is 1.65. The first-order chi connectivity index (χ1) is 12.6. The zero-order valence-electron chi connectivity index (χ0n) is 15.3. The number of aryl methyl sites for hydroxylation is 2. The molecular weight excluding hydrogens is 328 g/mol. The minimum absolute atomic E-state index is 0.0236. The van der Waals surface area contributed by atoms with Crippen molar-refractivity contribution in [2.75, 3.05) is 7.11 Å². The second-order valence-corrected chi connectivity index (χ2v) is 6.99. The Hall–Kier alpha value is -2.40. The van der Waals surface area contributed by atoms with Crippen LogP contribution in [0.25, 0.3) is 0 Å². The van der Waals surface area contributed by atoms with E-state index in [1.165, 1.54) is 11.1 Å². The predicted molar refractivity (Wildman–Crippen MR) is 99.9 cm³/mol. The largest absolute Gasteiger partial charge is 0.481 e. The zero-order chi connectivity index (χ0) is 18.5. The van der Waals surface area contributed by atoms with Crippen molar-refractivity contribution in [1.82, 2.24) is 10.3 Å². The molecule has 5 heteroatoms. The molecule has 26 heavy (non-hydrogen) atoms. The minimum atomic E-state index is -0.266. The van der Waals surface area contributed by atoms with Gasteiger partial charge in [-0.05, 0) is 48.8 Å². The van der Waals surface area contributed by atoms with Crippen molar-refractivity contribution in [2.24, 2.45) is 5.92 Å². The highest BCUT2D eigenvalue weighted by Gasteiger charge is 2.35. The summed E-state index contributed by atoms with van der Waals surface area (Å²) in [6, 6.07) is 11.8. The summed E-state index contributed by atoms with van der Waals surface area (Å²) in [5.41, 5.74) is 3.36. The number of nitrogens with one attached hydrogen (secondary N) is 1. The van der Waals surface area contributed by atoms with Crippen molar-refractivity contribution >= 4 is 5.91 Å². The van der Waals surface area contributed by atoms with E-state index in [4.69, 9.17) is 4.74 Å². The van der Waals surface area contributed by atoms with Gasteiger partial charge in [0.15, 0.2) is 0 Å². The van der Waals surface area contributed by atoms with Gasteiger partial charge < -0.3 is 15.2 Å². The fraction of sp³-hybridized carbons (Fsp3) is 0.429. The maximum Gasteiger partial charge on any atom is 0.220 e. The van der Waals surface area contributed by atoms with Crippen molar-refractivity contribution in [2.45, 2.75) is 44.8 Å². The predicted octanol–water partition coefficient (Wildman–Crippen LogP) is 2.96. The summed E-state index contributed by atoms with van der Waals surface area (Å²) in [7, 11) is 1.58. The topological polar surface area (TPSA) is 71.5 Å². The number of aromatic nitrogens is 1. The third-order valence-electron chi connectivity index (χ3n) is 5.15. The van der Waals surface area contributed by atoms with Crippen LogP contribution in [0.3, 0.4) is 0 Å². The first kappa shape index (κ1) is 18.4. The summed E-state index contributed by atoms with van der Waals surface area (Å²) >= 11 is 0. The summed E-state index contributed by atoms with van der Waals surface area (Å²) in [5.74, 6) is 0.810. The molecule has 1 saturated carbocycles. The average molecular weight is 354 g/mol. The van der Waals surface area contributed by atoms with Gasteiger partial charge in [-0.15, -0.1) is 0 Å². The molecule has 1 amide bonds. The van der Waals surface area contributed by atoms with E-state index in [9.17, 15) is 9.90 Å². The minimum Gasteiger partial charge on any atom is -0.481 e. The Morgan fingerprint density at radius 3 is 2.69 bits per heavy atom. The lowest BCUT2D eigenvalue weighted by atomic mass is 9.75. The monoisotopic (exact) mass is 354 g/mol. The summed E-state index contributed by atoms with van der Waals surface area (Å²) in [4.78, 5) is 16.8. The Morgan fingerprint density at radius 2 is 2.08 bits per heavy atom. The molecule has 1 aromatic heterocycles. The van der Waals surface area contributed by atoms with Crippen molar-refractivity contribution < 1.29 is 14.6 Å². The molecule has 3 rings (SSSR count). The second kappa shape index (κ2) is 8.32. The Morgan fingerprint density at radius 1 is 1.31 bits per heavy atom. The van der Waals surface area contributed by atoms with Crippen molar-refractivity contribution in [3.05, 3.63) is 59.3 Å². The van der Waals surface area contributed by atoms with E-state index in [2.05, 4.69) is 29.4 Å². The molecule has 0 bridgehead atoms.